The largest absolute Gasteiger partial charge is 0.507 e. The van der Waals surface area contributed by atoms with Gasteiger partial charge >= 0.3 is 0 Å². The minimum atomic E-state index is -0.124. The normalized spacial score (nSPS) is 13.9. The van der Waals surface area contributed by atoms with E-state index in [-0.39, 0.29) is 25.7 Å². The third kappa shape index (κ3) is 7.47. The Hall–Kier alpha value is -1.06. The van der Waals surface area contributed by atoms with Gasteiger partial charge in [0.25, 0.3) is 0 Å². The van der Waals surface area contributed by atoms with Crippen molar-refractivity contribution in [3.63, 3.8) is 0 Å². The molecule has 0 heterocycles. The Balaban J connectivity index is 2.52. The van der Waals surface area contributed by atoms with Crippen molar-refractivity contribution in [2.45, 2.75) is 132 Å². The Morgan fingerprint density at radius 3 is 1.09 bits per heavy atom. The number of phenols is 1. The number of phenolic OH excluding ortho intramolecular Hbond substituents is 1. The molecule has 190 valence electrons. The number of hydrogen-bond acceptors (Lipinski definition) is 3. The van der Waals surface area contributed by atoms with Gasteiger partial charge in [0.05, 0.1) is 4.08 Å². The summed E-state index contributed by atoms with van der Waals surface area (Å²) in [6.07, 6.45) is 0. The molecule has 34 heavy (non-hydrogen) atoms. The van der Waals surface area contributed by atoms with E-state index in [1.165, 1.54) is 20.9 Å². The van der Waals surface area contributed by atoms with Crippen molar-refractivity contribution >= 4 is 23.5 Å². The van der Waals surface area contributed by atoms with Crippen LogP contribution >= 0.6 is 23.5 Å². The number of benzene rings is 2. The molecule has 0 aliphatic heterocycles. The number of thioether (sulfide) groups is 2. The Morgan fingerprint density at radius 2 is 0.794 bits per heavy atom. The lowest BCUT2D eigenvalue weighted by molar-refractivity contribution is 0.422. The van der Waals surface area contributed by atoms with Gasteiger partial charge in [0.15, 0.2) is 0 Å². The van der Waals surface area contributed by atoms with Crippen molar-refractivity contribution in [2.24, 2.45) is 0 Å². The van der Waals surface area contributed by atoms with Crippen LogP contribution in [0.5, 0.6) is 5.75 Å². The predicted octanol–water partition coefficient (Wildman–Crippen LogP) is 10.2. The van der Waals surface area contributed by atoms with Crippen LogP contribution in [0.3, 0.4) is 0 Å². The summed E-state index contributed by atoms with van der Waals surface area (Å²) in [4.78, 5) is 2.54. The fourth-order valence-electron chi connectivity index (χ4n) is 3.92. The lowest BCUT2D eigenvalue weighted by atomic mass is 9.79. The van der Waals surface area contributed by atoms with Gasteiger partial charge < -0.3 is 5.11 Å². The van der Waals surface area contributed by atoms with Crippen molar-refractivity contribution in [1.29, 1.82) is 0 Å². The second kappa shape index (κ2) is 9.43. The van der Waals surface area contributed by atoms with E-state index in [0.717, 1.165) is 11.1 Å². The van der Waals surface area contributed by atoms with Crippen LogP contribution in [-0.2, 0) is 21.7 Å². The minimum absolute atomic E-state index is 0.0764. The molecule has 1 N–H and O–H groups in total. The summed E-state index contributed by atoms with van der Waals surface area (Å²) in [5.74, 6) is 0.447. The maximum Gasteiger partial charge on any atom is 0.123 e. The first-order valence-electron chi connectivity index (χ1n) is 12.4. The highest BCUT2D eigenvalue weighted by Gasteiger charge is 2.30. The topological polar surface area (TPSA) is 20.2 Å². The summed E-state index contributed by atoms with van der Waals surface area (Å²) in [7, 11) is 0. The fraction of sp³-hybridized carbons (Fsp3) is 0.613. The molecular formula is C31H48OS2. The average molecular weight is 501 g/mol. The Kier molecular flexibility index (Phi) is 8.09. The lowest BCUT2D eigenvalue weighted by Gasteiger charge is -2.31. The van der Waals surface area contributed by atoms with E-state index in [2.05, 4.69) is 127 Å². The van der Waals surface area contributed by atoms with Gasteiger partial charge in [0, 0.05) is 20.9 Å². The quantitative estimate of drug-likeness (QED) is 0.333. The molecule has 0 saturated carbocycles. The number of aromatic hydroxyl groups is 1. The molecule has 0 atom stereocenters. The fourth-order valence-corrected chi connectivity index (χ4v) is 6.53. The Morgan fingerprint density at radius 1 is 0.471 bits per heavy atom. The van der Waals surface area contributed by atoms with Crippen molar-refractivity contribution in [3.05, 3.63) is 52.6 Å². The molecule has 3 heteroatoms. The molecular weight excluding hydrogens is 452 g/mol. The summed E-state index contributed by atoms with van der Waals surface area (Å²) in [5, 5.41) is 11.1. The first-order valence-corrected chi connectivity index (χ1v) is 14.1. The minimum Gasteiger partial charge on any atom is -0.507 e. The third-order valence-electron chi connectivity index (χ3n) is 6.07. The SMILES string of the molecule is CC(C)(Sc1cc(C(C)(C)C)cc(C(C)(C)C)c1)Sc1cc(C(C)(C)C)c(O)c(C(C)(C)C)c1. The summed E-state index contributed by atoms with van der Waals surface area (Å²) in [6, 6.07) is 11.5. The van der Waals surface area contributed by atoms with Crippen LogP contribution in [0.4, 0.5) is 0 Å². The highest BCUT2D eigenvalue weighted by Crippen LogP contribution is 2.49. The molecule has 2 aromatic rings. The van der Waals surface area contributed by atoms with Crippen molar-refractivity contribution < 1.29 is 5.11 Å². The van der Waals surface area contributed by atoms with Gasteiger partial charge in [-0.15, -0.1) is 23.5 Å². The van der Waals surface area contributed by atoms with Gasteiger partial charge in [-0.05, 0) is 70.9 Å². The molecule has 0 spiro atoms. The Labute approximate surface area is 218 Å². The van der Waals surface area contributed by atoms with Crippen LogP contribution in [0.25, 0.3) is 0 Å². The second-order valence-electron chi connectivity index (χ2n) is 14.2. The molecule has 1 nitrogen and oxygen atoms in total. The monoisotopic (exact) mass is 500 g/mol. The first-order chi connectivity index (χ1) is 15.0. The summed E-state index contributed by atoms with van der Waals surface area (Å²) >= 11 is 3.82. The second-order valence-corrected chi connectivity index (χ2v) is 17.9. The molecule has 2 rings (SSSR count). The lowest BCUT2D eigenvalue weighted by Crippen LogP contribution is -2.18. The van der Waals surface area contributed by atoms with E-state index in [4.69, 9.17) is 0 Å². The molecule has 0 unspecified atom stereocenters. The average Bonchev–Trinajstić information content (AvgIpc) is 2.58. The molecule has 0 aromatic heterocycles. The molecule has 0 bridgehead atoms. The van der Waals surface area contributed by atoms with Crippen LogP contribution in [0, 0.1) is 0 Å². The highest BCUT2D eigenvalue weighted by molar-refractivity contribution is 8.18. The van der Waals surface area contributed by atoms with Gasteiger partial charge in [0.1, 0.15) is 5.75 Å². The zero-order chi connectivity index (χ0) is 26.5. The van der Waals surface area contributed by atoms with E-state index in [1.807, 2.05) is 23.5 Å². The predicted molar refractivity (Wildman–Crippen MR) is 155 cm³/mol. The third-order valence-corrected chi connectivity index (χ3v) is 8.49. The molecule has 0 saturated heterocycles. The molecule has 0 fully saturated rings. The maximum atomic E-state index is 11.1. The van der Waals surface area contributed by atoms with Crippen molar-refractivity contribution in [3.8, 4) is 5.75 Å². The number of rotatable bonds is 4. The van der Waals surface area contributed by atoms with Crippen LogP contribution in [0.1, 0.15) is 119 Å². The first kappa shape index (κ1) is 29.2. The summed E-state index contributed by atoms with van der Waals surface area (Å²) < 4.78 is -0.0764. The summed E-state index contributed by atoms with van der Waals surface area (Å²) in [6.45, 7) is 31.4. The number of hydrogen-bond donors (Lipinski definition) is 1. The molecule has 2 aromatic carbocycles. The smallest absolute Gasteiger partial charge is 0.123 e. The molecule has 0 aliphatic rings. The zero-order valence-corrected chi connectivity index (χ0v) is 25.8. The van der Waals surface area contributed by atoms with E-state index < -0.39 is 0 Å². The molecule has 0 aliphatic carbocycles. The van der Waals surface area contributed by atoms with Crippen molar-refractivity contribution in [2.75, 3.05) is 0 Å². The van der Waals surface area contributed by atoms with E-state index >= 15 is 0 Å². The Bertz CT molecular complexity index is 952. The van der Waals surface area contributed by atoms with E-state index in [0.29, 0.717) is 5.75 Å². The van der Waals surface area contributed by atoms with Crippen LogP contribution in [-0.4, -0.2) is 9.19 Å². The van der Waals surface area contributed by atoms with Crippen LogP contribution in [0.2, 0.25) is 0 Å². The van der Waals surface area contributed by atoms with E-state index in [1.54, 1.807) is 0 Å². The zero-order valence-electron chi connectivity index (χ0n) is 24.2. The van der Waals surface area contributed by atoms with Gasteiger partial charge in [-0.2, -0.15) is 0 Å². The van der Waals surface area contributed by atoms with Crippen molar-refractivity contribution in [1.82, 2.24) is 0 Å². The van der Waals surface area contributed by atoms with Gasteiger partial charge in [0.2, 0.25) is 0 Å². The van der Waals surface area contributed by atoms with Gasteiger partial charge in [-0.3, -0.25) is 0 Å². The van der Waals surface area contributed by atoms with Gasteiger partial charge in [-0.1, -0.05) is 89.2 Å². The highest BCUT2D eigenvalue weighted by atomic mass is 32.2. The molecule has 0 amide bonds. The van der Waals surface area contributed by atoms with Gasteiger partial charge in [-0.25, -0.2) is 0 Å². The standard InChI is InChI=1S/C31H48OS2/c1-27(2,3)20-15-21(28(4,5)6)17-22(16-20)33-31(13,14)34-23-18-24(29(7,8)9)26(32)25(19-23)30(10,11)12/h15-19,32H,1-14H3. The van der Waals surface area contributed by atoms with E-state index in [9.17, 15) is 5.11 Å². The van der Waals surface area contributed by atoms with Crippen LogP contribution < -0.4 is 0 Å². The molecule has 0 radical (unpaired) electrons. The summed E-state index contributed by atoms with van der Waals surface area (Å²) in [5.41, 5.74) is 4.78. The van der Waals surface area contributed by atoms with Crippen LogP contribution in [0.15, 0.2) is 40.1 Å². The maximum absolute atomic E-state index is 11.1.